The quantitative estimate of drug-likeness (QED) is 0.697. The van der Waals surface area contributed by atoms with E-state index in [0.29, 0.717) is 17.0 Å². The summed E-state index contributed by atoms with van der Waals surface area (Å²) in [6.45, 7) is 0. The lowest BCUT2D eigenvalue weighted by molar-refractivity contribution is 0.0998. The van der Waals surface area contributed by atoms with Crippen molar-refractivity contribution in [2.24, 2.45) is 0 Å². The minimum Gasteiger partial charge on any atom is -0.451 e. The number of hydrogen-bond donors (Lipinski definition) is 2. The molecule has 1 amide bonds. The minimum atomic E-state index is -0.299. The Morgan fingerprint density at radius 3 is 2.70 bits per heavy atom. The maximum Gasteiger partial charge on any atom is 0.291 e. The van der Waals surface area contributed by atoms with Crippen LogP contribution in [0.1, 0.15) is 10.6 Å². The third-order valence-corrected chi connectivity index (χ3v) is 3.55. The van der Waals surface area contributed by atoms with Crippen molar-refractivity contribution in [1.82, 2.24) is 0 Å². The van der Waals surface area contributed by atoms with E-state index < -0.39 is 0 Å². The fourth-order valence-corrected chi connectivity index (χ4v) is 2.41. The average molecular weight is 331 g/mol. The molecule has 0 bridgehead atoms. The molecule has 0 aliphatic carbocycles. The van der Waals surface area contributed by atoms with Crippen molar-refractivity contribution in [3.8, 4) is 0 Å². The third-order valence-electron chi connectivity index (χ3n) is 2.89. The molecule has 0 aliphatic rings. The topological polar surface area (TPSA) is 68.3 Å². The molecule has 0 saturated heterocycles. The molecular weight excluding hydrogens is 320 g/mol. The van der Waals surface area contributed by atoms with Gasteiger partial charge in [-0.15, -0.1) is 0 Å². The SMILES string of the molecule is Nc1ccc(NC(=O)c2cc3ccccc3o2)c(Br)c1. The number of carbonyl (C=O) groups is 1. The Balaban J connectivity index is 1.89. The first kappa shape index (κ1) is 12.7. The second kappa shape index (κ2) is 5.02. The second-order valence-electron chi connectivity index (χ2n) is 4.34. The molecule has 100 valence electrons. The van der Waals surface area contributed by atoms with E-state index in [9.17, 15) is 4.79 Å². The van der Waals surface area contributed by atoms with Crippen LogP contribution in [0.4, 0.5) is 11.4 Å². The normalized spacial score (nSPS) is 10.7. The van der Waals surface area contributed by atoms with Crippen molar-refractivity contribution in [1.29, 1.82) is 0 Å². The number of nitrogen functional groups attached to an aromatic ring is 1. The summed E-state index contributed by atoms with van der Waals surface area (Å²) in [5.41, 5.74) is 7.62. The van der Waals surface area contributed by atoms with Gasteiger partial charge in [0, 0.05) is 15.5 Å². The van der Waals surface area contributed by atoms with Crippen LogP contribution in [-0.2, 0) is 0 Å². The van der Waals surface area contributed by atoms with Gasteiger partial charge in [0.05, 0.1) is 5.69 Å². The van der Waals surface area contributed by atoms with Crippen LogP contribution < -0.4 is 11.1 Å². The first-order valence-corrected chi connectivity index (χ1v) is 6.78. The molecule has 3 rings (SSSR count). The zero-order valence-corrected chi connectivity index (χ0v) is 12.0. The van der Waals surface area contributed by atoms with E-state index in [-0.39, 0.29) is 11.7 Å². The lowest BCUT2D eigenvalue weighted by Gasteiger charge is -2.06. The smallest absolute Gasteiger partial charge is 0.291 e. The third kappa shape index (κ3) is 2.40. The number of furan rings is 1. The van der Waals surface area contributed by atoms with E-state index in [1.54, 1.807) is 24.3 Å². The van der Waals surface area contributed by atoms with Gasteiger partial charge in [0.1, 0.15) is 5.58 Å². The molecular formula is C15H11BrN2O2. The summed E-state index contributed by atoms with van der Waals surface area (Å²) in [5.74, 6) is -0.0263. The van der Waals surface area contributed by atoms with Crippen molar-refractivity contribution in [2.75, 3.05) is 11.1 Å². The molecule has 20 heavy (non-hydrogen) atoms. The van der Waals surface area contributed by atoms with Crippen molar-refractivity contribution in [2.45, 2.75) is 0 Å². The fraction of sp³-hybridized carbons (Fsp3) is 0. The van der Waals surface area contributed by atoms with Crippen LogP contribution in [0.3, 0.4) is 0 Å². The van der Waals surface area contributed by atoms with Gasteiger partial charge in [-0.3, -0.25) is 4.79 Å². The Morgan fingerprint density at radius 2 is 1.95 bits per heavy atom. The standard InChI is InChI=1S/C15H11BrN2O2/c16-11-8-10(17)5-6-12(11)18-15(19)14-7-9-3-1-2-4-13(9)20-14/h1-8H,17H2,(H,18,19). The average Bonchev–Trinajstić information content (AvgIpc) is 2.86. The second-order valence-corrected chi connectivity index (χ2v) is 5.20. The van der Waals surface area contributed by atoms with Gasteiger partial charge in [-0.25, -0.2) is 0 Å². The van der Waals surface area contributed by atoms with Crippen LogP contribution in [0.25, 0.3) is 11.0 Å². The van der Waals surface area contributed by atoms with Crippen molar-refractivity contribution in [3.05, 3.63) is 58.8 Å². The summed E-state index contributed by atoms with van der Waals surface area (Å²) in [4.78, 5) is 12.2. The number of hydrogen-bond acceptors (Lipinski definition) is 3. The molecule has 5 heteroatoms. The van der Waals surface area contributed by atoms with Crippen molar-refractivity contribution in [3.63, 3.8) is 0 Å². The Kier molecular flexibility index (Phi) is 3.20. The monoisotopic (exact) mass is 330 g/mol. The molecule has 1 heterocycles. The van der Waals surface area contributed by atoms with Gasteiger partial charge in [0.15, 0.2) is 5.76 Å². The van der Waals surface area contributed by atoms with Crippen molar-refractivity contribution >= 4 is 44.2 Å². The predicted molar refractivity (Wildman–Crippen MR) is 82.7 cm³/mol. The maximum atomic E-state index is 12.2. The van der Waals surface area contributed by atoms with Gasteiger partial charge >= 0.3 is 0 Å². The molecule has 0 aliphatic heterocycles. The number of anilines is 2. The summed E-state index contributed by atoms with van der Waals surface area (Å²) in [6.07, 6.45) is 0. The molecule has 0 spiro atoms. The highest BCUT2D eigenvalue weighted by Crippen LogP contribution is 2.26. The van der Waals surface area contributed by atoms with Gasteiger partial charge in [-0.2, -0.15) is 0 Å². The van der Waals surface area contributed by atoms with Crippen LogP contribution in [0.2, 0.25) is 0 Å². The molecule has 3 N–H and O–H groups in total. The zero-order valence-electron chi connectivity index (χ0n) is 10.4. The number of benzene rings is 2. The van der Waals surface area contributed by atoms with E-state index in [4.69, 9.17) is 10.2 Å². The number of nitrogens with one attached hydrogen (secondary N) is 1. The highest BCUT2D eigenvalue weighted by molar-refractivity contribution is 9.10. The van der Waals surface area contributed by atoms with E-state index in [2.05, 4.69) is 21.2 Å². The van der Waals surface area contributed by atoms with Crippen LogP contribution in [-0.4, -0.2) is 5.91 Å². The maximum absolute atomic E-state index is 12.2. The summed E-state index contributed by atoms with van der Waals surface area (Å²) in [5, 5.41) is 3.68. The lowest BCUT2D eigenvalue weighted by atomic mass is 10.2. The van der Waals surface area contributed by atoms with E-state index >= 15 is 0 Å². The Morgan fingerprint density at radius 1 is 1.15 bits per heavy atom. The summed E-state index contributed by atoms with van der Waals surface area (Å²) >= 11 is 3.36. The Labute approximate surface area is 123 Å². The van der Waals surface area contributed by atoms with Gasteiger partial charge in [0.2, 0.25) is 0 Å². The number of fused-ring (bicyclic) bond motifs is 1. The molecule has 2 aromatic carbocycles. The molecule has 0 saturated carbocycles. The number of halogens is 1. The van der Waals surface area contributed by atoms with Gasteiger partial charge in [0.25, 0.3) is 5.91 Å². The molecule has 3 aromatic rings. The zero-order chi connectivity index (χ0) is 14.1. The van der Waals surface area contributed by atoms with Gasteiger partial charge in [-0.05, 0) is 46.3 Å². The van der Waals surface area contributed by atoms with E-state index in [1.165, 1.54) is 0 Å². The molecule has 4 nitrogen and oxygen atoms in total. The summed E-state index contributed by atoms with van der Waals surface area (Å²) in [6, 6.07) is 14.4. The highest BCUT2D eigenvalue weighted by atomic mass is 79.9. The molecule has 0 atom stereocenters. The Bertz CT molecular complexity index is 762. The minimum absolute atomic E-state index is 0.273. The van der Waals surface area contributed by atoms with Gasteiger partial charge in [-0.1, -0.05) is 18.2 Å². The van der Waals surface area contributed by atoms with Crippen LogP contribution in [0.15, 0.2) is 57.4 Å². The van der Waals surface area contributed by atoms with E-state index in [1.807, 2.05) is 24.3 Å². The van der Waals surface area contributed by atoms with Gasteiger partial charge < -0.3 is 15.5 Å². The first-order chi connectivity index (χ1) is 9.63. The van der Waals surface area contributed by atoms with Crippen LogP contribution in [0, 0.1) is 0 Å². The molecule has 0 unspecified atom stereocenters. The fourth-order valence-electron chi connectivity index (χ4n) is 1.91. The van der Waals surface area contributed by atoms with E-state index in [0.717, 1.165) is 9.86 Å². The number of para-hydroxylation sites is 1. The summed E-state index contributed by atoms with van der Waals surface area (Å²) in [7, 11) is 0. The first-order valence-electron chi connectivity index (χ1n) is 5.98. The van der Waals surface area contributed by atoms with Crippen molar-refractivity contribution < 1.29 is 9.21 Å². The Hall–Kier alpha value is -2.27. The molecule has 0 fully saturated rings. The molecule has 1 aromatic heterocycles. The number of carbonyl (C=O) groups excluding carboxylic acids is 1. The predicted octanol–water partition coefficient (Wildman–Crippen LogP) is 4.03. The largest absolute Gasteiger partial charge is 0.451 e. The number of nitrogens with two attached hydrogens (primary N) is 1. The molecule has 0 radical (unpaired) electrons. The lowest BCUT2D eigenvalue weighted by Crippen LogP contribution is -2.11. The number of rotatable bonds is 2. The van der Waals surface area contributed by atoms with Crippen LogP contribution in [0.5, 0.6) is 0 Å². The summed E-state index contributed by atoms with van der Waals surface area (Å²) < 4.78 is 6.24. The number of amides is 1. The highest BCUT2D eigenvalue weighted by Gasteiger charge is 2.13. The van der Waals surface area contributed by atoms with Crippen LogP contribution >= 0.6 is 15.9 Å².